The summed E-state index contributed by atoms with van der Waals surface area (Å²) in [4.78, 5) is 9.51. The molecule has 3 heteroatoms. The lowest BCUT2D eigenvalue weighted by Crippen LogP contribution is -2.48. The molecule has 1 aromatic carbocycles. The van der Waals surface area contributed by atoms with E-state index in [1.165, 1.54) is 24.1 Å². The van der Waals surface area contributed by atoms with Gasteiger partial charge in [-0.3, -0.25) is 0 Å². The molecule has 0 bridgehead atoms. The number of benzene rings is 1. The summed E-state index contributed by atoms with van der Waals surface area (Å²) in [5.41, 5.74) is 2.82. The summed E-state index contributed by atoms with van der Waals surface area (Å²) in [6.45, 7) is 2.12. The summed E-state index contributed by atoms with van der Waals surface area (Å²) in [7, 11) is 0. The van der Waals surface area contributed by atoms with Crippen LogP contribution in [0.15, 0.2) is 48.7 Å². The maximum atomic E-state index is 4.54. The highest BCUT2D eigenvalue weighted by molar-refractivity contribution is 5.62. The van der Waals surface area contributed by atoms with Crippen LogP contribution in [0.25, 0.3) is 0 Å². The predicted octanol–water partition coefficient (Wildman–Crippen LogP) is 3.03. The van der Waals surface area contributed by atoms with E-state index < -0.39 is 0 Å². The van der Waals surface area contributed by atoms with Crippen molar-refractivity contribution < 1.29 is 0 Å². The highest BCUT2D eigenvalue weighted by atomic mass is 15.4. The molecule has 0 aliphatic carbocycles. The zero-order valence-electron chi connectivity index (χ0n) is 10.9. The van der Waals surface area contributed by atoms with E-state index >= 15 is 0 Å². The van der Waals surface area contributed by atoms with Crippen LogP contribution in [0.3, 0.4) is 0 Å². The van der Waals surface area contributed by atoms with E-state index in [0.717, 1.165) is 18.9 Å². The number of rotatable bonds is 1. The minimum Gasteiger partial charge on any atom is -0.351 e. The number of para-hydroxylation sites is 1. The minimum absolute atomic E-state index is 0.477. The van der Waals surface area contributed by atoms with E-state index in [-0.39, 0.29) is 0 Å². The van der Waals surface area contributed by atoms with Crippen LogP contribution in [0, 0.1) is 0 Å². The van der Waals surface area contributed by atoms with Gasteiger partial charge in [-0.25, -0.2) is 4.98 Å². The van der Waals surface area contributed by atoms with Gasteiger partial charge < -0.3 is 9.80 Å². The molecule has 2 aliphatic rings. The Hall–Kier alpha value is -2.03. The molecule has 1 unspecified atom stereocenters. The normalized spacial score (nSPS) is 21.2. The first-order valence-corrected chi connectivity index (χ1v) is 6.96. The van der Waals surface area contributed by atoms with Crippen molar-refractivity contribution in [1.82, 2.24) is 4.98 Å². The Labute approximate surface area is 113 Å². The number of nitrogens with zero attached hydrogens (tertiary/aromatic N) is 3. The Morgan fingerprint density at radius 1 is 1.00 bits per heavy atom. The molecule has 2 aromatic rings. The smallest absolute Gasteiger partial charge is 0.130 e. The fourth-order valence-electron chi connectivity index (χ4n) is 3.33. The van der Waals surface area contributed by atoms with Gasteiger partial charge in [0, 0.05) is 25.0 Å². The largest absolute Gasteiger partial charge is 0.351 e. The van der Waals surface area contributed by atoms with Crippen LogP contribution < -0.4 is 9.80 Å². The summed E-state index contributed by atoms with van der Waals surface area (Å²) < 4.78 is 0. The quantitative estimate of drug-likeness (QED) is 0.776. The molecule has 2 aliphatic heterocycles. The molecule has 96 valence electrons. The van der Waals surface area contributed by atoms with Crippen LogP contribution in [0.5, 0.6) is 0 Å². The second-order valence-corrected chi connectivity index (χ2v) is 5.26. The van der Waals surface area contributed by atoms with E-state index in [0.29, 0.717) is 6.17 Å². The molecular formula is C16H17N3. The van der Waals surface area contributed by atoms with Crippen molar-refractivity contribution in [2.75, 3.05) is 16.3 Å². The molecule has 0 radical (unpaired) electrons. The zero-order chi connectivity index (χ0) is 12.7. The third kappa shape index (κ3) is 1.69. The van der Waals surface area contributed by atoms with Gasteiger partial charge in [-0.15, -0.1) is 0 Å². The van der Waals surface area contributed by atoms with Gasteiger partial charge in [0.2, 0.25) is 0 Å². The SMILES string of the molecule is c1ccc(N2Cc3ccccc3N3CCCC23)nc1. The number of fused-ring (bicyclic) bond motifs is 3. The Balaban J connectivity index is 1.79. The molecule has 0 spiro atoms. The molecule has 0 N–H and O–H groups in total. The molecule has 0 saturated carbocycles. The van der Waals surface area contributed by atoms with Crippen LogP contribution in [-0.4, -0.2) is 17.7 Å². The van der Waals surface area contributed by atoms with Crippen LogP contribution in [0.2, 0.25) is 0 Å². The highest BCUT2D eigenvalue weighted by Gasteiger charge is 2.35. The molecule has 4 rings (SSSR count). The van der Waals surface area contributed by atoms with Gasteiger partial charge >= 0.3 is 0 Å². The van der Waals surface area contributed by atoms with Gasteiger partial charge in [-0.1, -0.05) is 24.3 Å². The van der Waals surface area contributed by atoms with E-state index in [4.69, 9.17) is 0 Å². The Bertz CT molecular complexity index is 582. The maximum Gasteiger partial charge on any atom is 0.130 e. The molecule has 0 amide bonds. The van der Waals surface area contributed by atoms with Gasteiger partial charge in [0.15, 0.2) is 0 Å². The third-order valence-corrected chi connectivity index (χ3v) is 4.17. The monoisotopic (exact) mass is 251 g/mol. The lowest BCUT2D eigenvalue weighted by atomic mass is 10.1. The first-order chi connectivity index (χ1) is 9.43. The van der Waals surface area contributed by atoms with Crippen molar-refractivity contribution in [2.45, 2.75) is 25.6 Å². The molecule has 3 nitrogen and oxygen atoms in total. The van der Waals surface area contributed by atoms with Gasteiger partial charge in [-0.2, -0.15) is 0 Å². The molecule has 1 aromatic heterocycles. The van der Waals surface area contributed by atoms with E-state index in [1.807, 2.05) is 12.3 Å². The topological polar surface area (TPSA) is 19.4 Å². The van der Waals surface area contributed by atoms with Crippen LogP contribution in [-0.2, 0) is 6.54 Å². The Morgan fingerprint density at radius 3 is 2.79 bits per heavy atom. The van der Waals surface area contributed by atoms with Gasteiger partial charge in [0.05, 0.1) is 0 Å². The lowest BCUT2D eigenvalue weighted by Gasteiger charge is -2.42. The average Bonchev–Trinajstić information content (AvgIpc) is 2.97. The van der Waals surface area contributed by atoms with Crippen molar-refractivity contribution >= 4 is 11.5 Å². The van der Waals surface area contributed by atoms with Crippen molar-refractivity contribution in [3.8, 4) is 0 Å². The van der Waals surface area contributed by atoms with E-state index in [9.17, 15) is 0 Å². The first kappa shape index (κ1) is 10.9. The molecule has 19 heavy (non-hydrogen) atoms. The summed E-state index contributed by atoms with van der Waals surface area (Å²) in [6.07, 6.45) is 4.85. The third-order valence-electron chi connectivity index (χ3n) is 4.17. The minimum atomic E-state index is 0.477. The Morgan fingerprint density at radius 2 is 1.89 bits per heavy atom. The first-order valence-electron chi connectivity index (χ1n) is 6.96. The predicted molar refractivity (Wildman–Crippen MR) is 77.2 cm³/mol. The highest BCUT2D eigenvalue weighted by Crippen LogP contribution is 2.37. The van der Waals surface area contributed by atoms with Crippen LogP contribution in [0.1, 0.15) is 18.4 Å². The summed E-state index contributed by atoms with van der Waals surface area (Å²) in [6, 6.07) is 14.9. The number of hydrogen-bond acceptors (Lipinski definition) is 3. The summed E-state index contributed by atoms with van der Waals surface area (Å²) in [5.74, 6) is 1.09. The fraction of sp³-hybridized carbons (Fsp3) is 0.312. The van der Waals surface area contributed by atoms with Crippen LogP contribution in [0.4, 0.5) is 11.5 Å². The fourth-order valence-corrected chi connectivity index (χ4v) is 3.33. The maximum absolute atomic E-state index is 4.54. The van der Waals surface area contributed by atoms with Crippen molar-refractivity contribution in [1.29, 1.82) is 0 Å². The average molecular weight is 251 g/mol. The molecule has 3 heterocycles. The van der Waals surface area contributed by atoms with Crippen molar-refractivity contribution in [2.24, 2.45) is 0 Å². The standard InChI is InChI=1S/C16H17N3/c1-2-7-14-13(6-1)12-19(15-8-3-4-10-17-15)16-9-5-11-18(14)16/h1-4,6-8,10,16H,5,9,11-12H2. The molecule has 1 fully saturated rings. The van der Waals surface area contributed by atoms with Gasteiger partial charge in [0.25, 0.3) is 0 Å². The van der Waals surface area contributed by atoms with Crippen LogP contribution >= 0.6 is 0 Å². The van der Waals surface area contributed by atoms with Crippen molar-refractivity contribution in [3.05, 3.63) is 54.2 Å². The molecule has 1 atom stereocenters. The second-order valence-electron chi connectivity index (χ2n) is 5.26. The summed E-state index contributed by atoms with van der Waals surface area (Å²) in [5, 5.41) is 0. The van der Waals surface area contributed by atoms with Gasteiger partial charge in [-0.05, 0) is 36.6 Å². The second kappa shape index (κ2) is 4.26. The number of hydrogen-bond donors (Lipinski definition) is 0. The Kier molecular flexibility index (Phi) is 2.44. The van der Waals surface area contributed by atoms with E-state index in [2.05, 4.69) is 51.2 Å². The number of aromatic nitrogens is 1. The lowest BCUT2D eigenvalue weighted by molar-refractivity contribution is 0.575. The van der Waals surface area contributed by atoms with E-state index in [1.54, 1.807) is 0 Å². The number of anilines is 2. The molecular weight excluding hydrogens is 234 g/mol. The van der Waals surface area contributed by atoms with Gasteiger partial charge in [0.1, 0.15) is 12.0 Å². The zero-order valence-corrected chi connectivity index (χ0v) is 10.9. The summed E-state index contributed by atoms with van der Waals surface area (Å²) >= 11 is 0. The molecule has 1 saturated heterocycles. The number of pyridine rings is 1. The van der Waals surface area contributed by atoms with Crippen molar-refractivity contribution in [3.63, 3.8) is 0 Å².